The molecule has 0 fully saturated rings. The third-order valence-corrected chi connectivity index (χ3v) is 3.73. The minimum atomic E-state index is 0.607. The van der Waals surface area contributed by atoms with E-state index in [4.69, 9.17) is 0 Å². The summed E-state index contributed by atoms with van der Waals surface area (Å²) in [6.45, 7) is 13.9. The molecule has 0 aromatic heterocycles. The minimum absolute atomic E-state index is 0.607. The summed E-state index contributed by atoms with van der Waals surface area (Å²) >= 11 is 0. The zero-order valence-corrected chi connectivity index (χ0v) is 14.6. The van der Waals surface area contributed by atoms with Crippen LogP contribution in [0.25, 0.3) is 0 Å². The molecule has 0 aliphatic rings. The predicted octanol–water partition coefficient (Wildman–Crippen LogP) is 2.05. The highest BCUT2D eigenvalue weighted by Crippen LogP contribution is 2.12. The van der Waals surface area contributed by atoms with Gasteiger partial charge in [-0.05, 0) is 45.4 Å². The summed E-state index contributed by atoms with van der Waals surface area (Å²) in [6.07, 6.45) is 6.66. The van der Waals surface area contributed by atoms with Crippen molar-refractivity contribution in [3.8, 4) is 0 Å². The topological polar surface area (TPSA) is 6.48 Å². The lowest BCUT2D eigenvalue weighted by Crippen LogP contribution is -2.48. The van der Waals surface area contributed by atoms with E-state index in [9.17, 15) is 0 Å². The van der Waals surface area contributed by atoms with E-state index in [2.05, 4.69) is 49.3 Å². The summed E-state index contributed by atoms with van der Waals surface area (Å²) in [6, 6.07) is 0. The molecule has 102 valence electrons. The fourth-order valence-corrected chi connectivity index (χ4v) is 2.67. The van der Waals surface area contributed by atoms with Gasteiger partial charge in [0.25, 0.3) is 0 Å². The molecule has 3 heteroatoms. The maximum absolute atomic E-state index is 2.63. The Morgan fingerprint density at radius 3 is 1.71 bits per heavy atom. The first kappa shape index (κ1) is 16.9. The summed E-state index contributed by atoms with van der Waals surface area (Å²) < 4.78 is 0. The highest BCUT2D eigenvalue weighted by Gasteiger charge is 2.20. The van der Waals surface area contributed by atoms with Crippen LogP contribution in [-0.2, 0) is 0 Å². The summed E-state index contributed by atoms with van der Waals surface area (Å²) in [5.41, 5.74) is 2.31. The van der Waals surface area contributed by atoms with Crippen LogP contribution in [0.5, 0.6) is 0 Å². The van der Waals surface area contributed by atoms with Crippen LogP contribution in [0.1, 0.15) is 47.0 Å². The van der Waals surface area contributed by atoms with Gasteiger partial charge in [-0.1, -0.05) is 33.8 Å². The Morgan fingerprint density at radius 1 is 0.941 bits per heavy atom. The lowest BCUT2D eigenvalue weighted by atomic mass is 10.2. The first-order chi connectivity index (χ1) is 8.24. The molecule has 0 rings (SSSR count). The van der Waals surface area contributed by atoms with E-state index in [1.54, 1.807) is 0 Å². The third-order valence-electron chi connectivity index (χ3n) is 3.26. The smallest absolute Gasteiger partial charge is 0.0657 e. The van der Waals surface area contributed by atoms with Crippen molar-refractivity contribution >= 4 is 10.2 Å². The van der Waals surface area contributed by atoms with E-state index < -0.39 is 0 Å². The van der Waals surface area contributed by atoms with Gasteiger partial charge < -0.3 is 0 Å². The van der Waals surface area contributed by atoms with E-state index in [0.717, 1.165) is 13.1 Å². The maximum Gasteiger partial charge on any atom is 0.0657 e. The molecule has 0 spiro atoms. The number of hydrogen-bond donors (Lipinski definition) is 0. The average molecular weight is 257 g/mol. The molecule has 0 unspecified atom stereocenters. The molecular weight excluding hydrogens is 224 g/mol. The van der Waals surface area contributed by atoms with Gasteiger partial charge in [0.2, 0.25) is 0 Å². The zero-order chi connectivity index (χ0) is 13.1. The van der Waals surface area contributed by atoms with E-state index in [0.29, 0.717) is 6.17 Å². The Balaban J connectivity index is 4.66. The van der Waals surface area contributed by atoms with Crippen molar-refractivity contribution in [2.75, 3.05) is 26.2 Å². The Bertz CT molecular complexity index is 181. The molecular formula is C14H32N2Si. The maximum atomic E-state index is 2.63. The third kappa shape index (κ3) is 6.39. The quantitative estimate of drug-likeness (QED) is 0.436. The molecule has 0 saturated carbocycles. The average Bonchev–Trinajstić information content (AvgIpc) is 2.36. The Hall–Kier alpha value is -0.123. The highest BCUT2D eigenvalue weighted by atomic mass is 28.1. The van der Waals surface area contributed by atoms with Gasteiger partial charge >= 0.3 is 0 Å². The van der Waals surface area contributed by atoms with Crippen LogP contribution in [0.4, 0.5) is 0 Å². The van der Waals surface area contributed by atoms with Gasteiger partial charge in [-0.2, -0.15) is 0 Å². The second-order valence-corrected chi connectivity index (χ2v) is 5.21. The van der Waals surface area contributed by atoms with Crippen molar-refractivity contribution in [2.24, 2.45) is 0 Å². The molecule has 0 aromatic carbocycles. The summed E-state index contributed by atoms with van der Waals surface area (Å²) in [5.74, 6) is 0. The van der Waals surface area contributed by atoms with Gasteiger partial charge in [0, 0.05) is 10.2 Å². The Kier molecular flexibility index (Phi) is 10.9. The molecule has 0 amide bonds. The van der Waals surface area contributed by atoms with Crippen molar-refractivity contribution in [3.05, 3.63) is 11.8 Å². The fourth-order valence-electron chi connectivity index (χ4n) is 2.40. The van der Waals surface area contributed by atoms with Crippen LogP contribution in [0.15, 0.2) is 11.8 Å². The molecule has 2 nitrogen and oxygen atoms in total. The van der Waals surface area contributed by atoms with Crippen LogP contribution in [0.2, 0.25) is 0 Å². The second-order valence-electron chi connectivity index (χ2n) is 4.54. The molecule has 0 heterocycles. The lowest BCUT2D eigenvalue weighted by Gasteiger charge is -2.38. The van der Waals surface area contributed by atoms with Crippen molar-refractivity contribution in [2.45, 2.75) is 53.1 Å². The Labute approximate surface area is 111 Å². The van der Waals surface area contributed by atoms with Gasteiger partial charge in [0.05, 0.1) is 6.17 Å². The van der Waals surface area contributed by atoms with E-state index in [1.165, 1.54) is 42.6 Å². The molecule has 0 bridgehead atoms. The molecule has 0 saturated heterocycles. The lowest BCUT2D eigenvalue weighted by molar-refractivity contribution is 0.0508. The molecule has 0 atom stereocenters. The van der Waals surface area contributed by atoms with Gasteiger partial charge in [0.1, 0.15) is 0 Å². The van der Waals surface area contributed by atoms with E-state index in [1.807, 2.05) is 0 Å². The van der Waals surface area contributed by atoms with Crippen molar-refractivity contribution in [3.63, 3.8) is 0 Å². The minimum Gasteiger partial charge on any atom is -0.288 e. The second kappa shape index (κ2) is 11.0. The monoisotopic (exact) mass is 256 g/mol. The highest BCUT2D eigenvalue weighted by molar-refractivity contribution is 6.16. The first-order valence-electron chi connectivity index (χ1n) is 7.34. The van der Waals surface area contributed by atoms with Gasteiger partial charge in [-0.15, -0.1) is 5.70 Å². The number of nitrogens with zero attached hydrogens (tertiary/aromatic N) is 2. The van der Waals surface area contributed by atoms with E-state index >= 15 is 0 Å². The SMILES string of the molecule is CCCN(CC)C(CC=C[SiH3])N(CC)CCC. The summed E-state index contributed by atoms with van der Waals surface area (Å²) in [7, 11) is 1.18. The molecule has 0 radical (unpaired) electrons. The number of hydrogen-bond acceptors (Lipinski definition) is 2. The summed E-state index contributed by atoms with van der Waals surface area (Å²) in [5, 5.41) is 0. The molecule has 0 N–H and O–H groups in total. The van der Waals surface area contributed by atoms with Crippen molar-refractivity contribution in [1.82, 2.24) is 9.80 Å². The molecule has 0 aliphatic carbocycles. The molecule has 17 heavy (non-hydrogen) atoms. The zero-order valence-electron chi connectivity index (χ0n) is 12.6. The van der Waals surface area contributed by atoms with Crippen molar-refractivity contribution in [1.29, 1.82) is 0 Å². The Morgan fingerprint density at radius 2 is 1.41 bits per heavy atom. The van der Waals surface area contributed by atoms with Crippen LogP contribution in [-0.4, -0.2) is 52.4 Å². The van der Waals surface area contributed by atoms with E-state index in [-0.39, 0.29) is 0 Å². The fraction of sp³-hybridized carbons (Fsp3) is 0.857. The number of rotatable bonds is 10. The van der Waals surface area contributed by atoms with Gasteiger partial charge in [0.15, 0.2) is 0 Å². The molecule has 0 aliphatic heterocycles. The molecule has 0 aromatic rings. The van der Waals surface area contributed by atoms with Crippen molar-refractivity contribution < 1.29 is 0 Å². The predicted molar refractivity (Wildman–Crippen MR) is 82.6 cm³/mol. The standard InChI is InChI=1S/C14H32N2Si/c1-5-11-15(7-3)14(10-9-13-17)16(8-4)12-6-2/h9,13-14H,5-8,10-12H2,1-4,17H3. The first-order valence-corrected chi connectivity index (χ1v) is 8.49. The largest absolute Gasteiger partial charge is 0.288 e. The van der Waals surface area contributed by atoms with Crippen LogP contribution in [0.3, 0.4) is 0 Å². The van der Waals surface area contributed by atoms with Gasteiger partial charge in [-0.3, -0.25) is 9.80 Å². The summed E-state index contributed by atoms with van der Waals surface area (Å²) in [4.78, 5) is 5.25. The van der Waals surface area contributed by atoms with Crippen LogP contribution < -0.4 is 0 Å². The van der Waals surface area contributed by atoms with Crippen LogP contribution in [0, 0.1) is 0 Å². The van der Waals surface area contributed by atoms with Gasteiger partial charge in [-0.25, -0.2) is 0 Å². The normalized spacial score (nSPS) is 12.6. The van der Waals surface area contributed by atoms with Crippen LogP contribution >= 0.6 is 0 Å².